The minimum absolute atomic E-state index is 0.0479. The van der Waals surface area contributed by atoms with Crippen LogP contribution in [-0.2, 0) is 21.2 Å². The van der Waals surface area contributed by atoms with Crippen LogP contribution in [0.1, 0.15) is 23.4 Å². The molecule has 0 radical (unpaired) electrons. The fourth-order valence-corrected chi connectivity index (χ4v) is 5.46. The topological polar surface area (TPSA) is 96.6 Å². The Hall–Kier alpha value is -3.04. The van der Waals surface area contributed by atoms with Crippen molar-refractivity contribution in [3.05, 3.63) is 65.5 Å². The van der Waals surface area contributed by atoms with E-state index < -0.39 is 10.0 Å². The Balaban J connectivity index is 1.32. The smallest absolute Gasteiger partial charge is 0.247 e. The number of carbonyl (C=O) groups is 1. The fourth-order valence-electron chi connectivity index (χ4n) is 3.73. The summed E-state index contributed by atoms with van der Waals surface area (Å²) in [5, 5.41) is 8.07. The Morgan fingerprint density at radius 2 is 1.72 bits per heavy atom. The predicted octanol–water partition coefficient (Wildman–Crippen LogP) is 2.82. The van der Waals surface area contributed by atoms with E-state index in [1.807, 2.05) is 49.4 Å². The molecule has 0 N–H and O–H groups in total. The summed E-state index contributed by atoms with van der Waals surface area (Å²) < 4.78 is 33.2. The van der Waals surface area contributed by atoms with Crippen LogP contribution in [0.3, 0.4) is 0 Å². The Labute approximate surface area is 187 Å². The number of piperazine rings is 1. The molecule has 0 spiro atoms. The molecule has 2 aromatic carbocycles. The summed E-state index contributed by atoms with van der Waals surface area (Å²) in [6, 6.07) is 14.9. The van der Waals surface area contributed by atoms with Gasteiger partial charge in [-0.2, -0.15) is 4.31 Å². The third-order valence-electron chi connectivity index (χ3n) is 5.59. The first-order chi connectivity index (χ1) is 15.3. The SMILES string of the molecule is Cc1ccc(C)c(S(=O)(=O)N2CCN(C(=O)CCc3nnc(-c4ccccc4)o3)CC2)c1. The number of benzene rings is 2. The van der Waals surface area contributed by atoms with Crippen molar-refractivity contribution in [2.45, 2.75) is 31.6 Å². The van der Waals surface area contributed by atoms with E-state index in [0.717, 1.165) is 16.7 Å². The molecule has 4 rings (SSSR count). The summed E-state index contributed by atoms with van der Waals surface area (Å²) in [6.07, 6.45) is 0.583. The second-order valence-corrected chi connectivity index (χ2v) is 9.83. The molecule has 1 aliphatic rings. The zero-order valence-corrected chi connectivity index (χ0v) is 19.0. The van der Waals surface area contributed by atoms with Crippen molar-refractivity contribution >= 4 is 15.9 Å². The van der Waals surface area contributed by atoms with Crippen molar-refractivity contribution < 1.29 is 17.6 Å². The number of amides is 1. The van der Waals surface area contributed by atoms with Gasteiger partial charge in [0, 0.05) is 44.6 Å². The third kappa shape index (κ3) is 4.73. The standard InChI is InChI=1S/C23H26N4O4S/c1-17-8-9-18(2)20(16-17)32(29,30)27-14-12-26(13-15-27)22(28)11-10-21-24-25-23(31-21)19-6-4-3-5-7-19/h3-9,16H,10-15H2,1-2H3. The average molecular weight is 455 g/mol. The molecule has 0 atom stereocenters. The number of carbonyl (C=O) groups excluding carboxylic acids is 1. The predicted molar refractivity (Wildman–Crippen MR) is 119 cm³/mol. The number of aryl methyl sites for hydroxylation is 3. The fraction of sp³-hybridized carbons (Fsp3) is 0.348. The van der Waals surface area contributed by atoms with E-state index in [0.29, 0.717) is 36.2 Å². The Bertz CT molecular complexity index is 1200. The van der Waals surface area contributed by atoms with Crippen molar-refractivity contribution in [2.75, 3.05) is 26.2 Å². The molecule has 1 amide bonds. The zero-order chi connectivity index (χ0) is 22.7. The van der Waals surface area contributed by atoms with E-state index >= 15 is 0 Å². The number of aromatic nitrogens is 2. The summed E-state index contributed by atoms with van der Waals surface area (Å²) in [4.78, 5) is 14.7. The van der Waals surface area contributed by atoms with Gasteiger partial charge in [0.2, 0.25) is 27.7 Å². The number of hydrogen-bond donors (Lipinski definition) is 0. The lowest BCUT2D eigenvalue weighted by molar-refractivity contribution is -0.132. The molecule has 0 saturated carbocycles. The highest BCUT2D eigenvalue weighted by molar-refractivity contribution is 7.89. The molecular formula is C23H26N4O4S. The van der Waals surface area contributed by atoms with E-state index in [1.165, 1.54) is 4.31 Å². The minimum Gasteiger partial charge on any atom is -0.421 e. The number of nitrogens with zero attached hydrogens (tertiary/aromatic N) is 4. The van der Waals surface area contributed by atoms with Crippen molar-refractivity contribution in [3.8, 4) is 11.5 Å². The van der Waals surface area contributed by atoms with Crippen molar-refractivity contribution in [2.24, 2.45) is 0 Å². The molecule has 8 nitrogen and oxygen atoms in total. The van der Waals surface area contributed by atoms with Gasteiger partial charge in [0.15, 0.2) is 0 Å². The summed E-state index contributed by atoms with van der Waals surface area (Å²) in [7, 11) is -3.58. The molecule has 0 aliphatic carbocycles. The van der Waals surface area contributed by atoms with Crippen LogP contribution in [0.4, 0.5) is 0 Å². The number of hydrogen-bond acceptors (Lipinski definition) is 6. The third-order valence-corrected chi connectivity index (χ3v) is 7.63. The van der Waals surface area contributed by atoms with Gasteiger partial charge >= 0.3 is 0 Å². The largest absolute Gasteiger partial charge is 0.421 e. The van der Waals surface area contributed by atoms with Gasteiger partial charge in [0.25, 0.3) is 0 Å². The highest BCUT2D eigenvalue weighted by Gasteiger charge is 2.31. The molecular weight excluding hydrogens is 428 g/mol. The summed E-state index contributed by atoms with van der Waals surface area (Å²) in [6.45, 7) is 4.96. The van der Waals surface area contributed by atoms with Gasteiger partial charge in [0.1, 0.15) is 0 Å². The molecule has 0 unspecified atom stereocenters. The van der Waals surface area contributed by atoms with Crippen LogP contribution >= 0.6 is 0 Å². The first-order valence-electron chi connectivity index (χ1n) is 10.6. The second-order valence-electron chi connectivity index (χ2n) is 7.92. The Morgan fingerprint density at radius 3 is 2.44 bits per heavy atom. The van der Waals surface area contributed by atoms with Gasteiger partial charge in [0.05, 0.1) is 4.90 Å². The second kappa shape index (κ2) is 9.22. The van der Waals surface area contributed by atoms with Crippen LogP contribution in [0.2, 0.25) is 0 Å². The van der Waals surface area contributed by atoms with Gasteiger partial charge in [-0.3, -0.25) is 4.79 Å². The lowest BCUT2D eigenvalue weighted by atomic mass is 10.2. The van der Waals surface area contributed by atoms with Crippen LogP contribution in [0.5, 0.6) is 0 Å². The molecule has 1 aromatic heterocycles. The van der Waals surface area contributed by atoms with Gasteiger partial charge in [-0.25, -0.2) is 8.42 Å². The van der Waals surface area contributed by atoms with Gasteiger partial charge in [-0.1, -0.05) is 30.3 Å². The van der Waals surface area contributed by atoms with Crippen molar-refractivity contribution in [1.29, 1.82) is 0 Å². The van der Waals surface area contributed by atoms with E-state index in [1.54, 1.807) is 17.9 Å². The first-order valence-corrected chi connectivity index (χ1v) is 12.0. The van der Waals surface area contributed by atoms with Crippen LogP contribution in [0, 0.1) is 13.8 Å². The lowest BCUT2D eigenvalue weighted by Gasteiger charge is -2.34. The van der Waals surface area contributed by atoms with Crippen LogP contribution in [0.15, 0.2) is 57.8 Å². The van der Waals surface area contributed by atoms with E-state index in [9.17, 15) is 13.2 Å². The highest BCUT2D eigenvalue weighted by Crippen LogP contribution is 2.23. The molecule has 1 aliphatic heterocycles. The maximum absolute atomic E-state index is 13.1. The summed E-state index contributed by atoms with van der Waals surface area (Å²) in [5.41, 5.74) is 2.46. The maximum Gasteiger partial charge on any atom is 0.247 e. The molecule has 2 heterocycles. The quantitative estimate of drug-likeness (QED) is 0.568. The van der Waals surface area contributed by atoms with Gasteiger partial charge < -0.3 is 9.32 Å². The molecule has 168 valence electrons. The highest BCUT2D eigenvalue weighted by atomic mass is 32.2. The minimum atomic E-state index is -3.58. The Morgan fingerprint density at radius 1 is 1.00 bits per heavy atom. The normalized spacial score (nSPS) is 15.1. The molecule has 32 heavy (non-hydrogen) atoms. The van der Waals surface area contributed by atoms with Gasteiger partial charge in [-0.05, 0) is 43.2 Å². The van der Waals surface area contributed by atoms with Crippen molar-refractivity contribution in [1.82, 2.24) is 19.4 Å². The lowest BCUT2D eigenvalue weighted by Crippen LogP contribution is -2.50. The van der Waals surface area contributed by atoms with Gasteiger partial charge in [-0.15, -0.1) is 10.2 Å². The van der Waals surface area contributed by atoms with E-state index in [4.69, 9.17) is 4.42 Å². The number of sulfonamides is 1. The summed E-state index contributed by atoms with van der Waals surface area (Å²) in [5.74, 6) is 0.792. The molecule has 3 aromatic rings. The van der Waals surface area contributed by atoms with E-state index in [-0.39, 0.29) is 25.4 Å². The monoisotopic (exact) mass is 454 g/mol. The Kier molecular flexibility index (Phi) is 6.38. The first kappa shape index (κ1) is 22.2. The average Bonchev–Trinajstić information content (AvgIpc) is 3.29. The van der Waals surface area contributed by atoms with Crippen LogP contribution in [0.25, 0.3) is 11.5 Å². The summed E-state index contributed by atoms with van der Waals surface area (Å²) >= 11 is 0. The van der Waals surface area contributed by atoms with Crippen LogP contribution in [-0.4, -0.2) is 59.9 Å². The molecule has 0 bridgehead atoms. The molecule has 9 heteroatoms. The number of rotatable bonds is 6. The molecule has 1 fully saturated rings. The molecule has 1 saturated heterocycles. The van der Waals surface area contributed by atoms with E-state index in [2.05, 4.69) is 10.2 Å². The van der Waals surface area contributed by atoms with Crippen LogP contribution < -0.4 is 0 Å². The zero-order valence-electron chi connectivity index (χ0n) is 18.2. The van der Waals surface area contributed by atoms with Crippen molar-refractivity contribution in [3.63, 3.8) is 0 Å². The maximum atomic E-state index is 13.1.